The van der Waals surface area contributed by atoms with Gasteiger partial charge in [0.25, 0.3) is 0 Å². The van der Waals surface area contributed by atoms with Gasteiger partial charge >= 0.3 is 0 Å². The summed E-state index contributed by atoms with van der Waals surface area (Å²) in [5, 5.41) is 0. The van der Waals surface area contributed by atoms with Gasteiger partial charge < -0.3 is 10.6 Å². The minimum Gasteiger partial charge on any atom is -0.366 e. The summed E-state index contributed by atoms with van der Waals surface area (Å²) in [7, 11) is 2.05. The fourth-order valence-electron chi connectivity index (χ4n) is 1.38. The van der Waals surface area contributed by atoms with Gasteiger partial charge in [-0.05, 0) is 31.6 Å². The number of amides is 1. The van der Waals surface area contributed by atoms with Gasteiger partial charge in [-0.1, -0.05) is 25.1 Å². The topological polar surface area (TPSA) is 46.3 Å². The van der Waals surface area contributed by atoms with Crippen LogP contribution in [0.2, 0.25) is 0 Å². The second kappa shape index (κ2) is 5.51. The van der Waals surface area contributed by atoms with Gasteiger partial charge in [0.2, 0.25) is 5.91 Å². The third-order valence-electron chi connectivity index (χ3n) is 2.49. The van der Waals surface area contributed by atoms with Crippen LogP contribution in [0.15, 0.2) is 18.2 Å². The predicted molar refractivity (Wildman–Crippen MR) is 60.7 cm³/mol. The van der Waals surface area contributed by atoms with Crippen molar-refractivity contribution in [3.63, 3.8) is 0 Å². The number of hydrogen-bond acceptors (Lipinski definition) is 2. The Morgan fingerprint density at radius 2 is 2.33 bits per heavy atom. The minimum absolute atomic E-state index is 0.398. The van der Waals surface area contributed by atoms with E-state index >= 15 is 0 Å². The maximum Gasteiger partial charge on any atom is 0.249 e. The molecule has 0 aromatic heterocycles. The van der Waals surface area contributed by atoms with Crippen LogP contribution in [0.25, 0.3) is 0 Å². The highest BCUT2D eigenvalue weighted by Crippen LogP contribution is 2.08. The molecular formula is C12H17N2O. The van der Waals surface area contributed by atoms with Crippen LogP contribution in [0.5, 0.6) is 0 Å². The summed E-state index contributed by atoms with van der Waals surface area (Å²) in [6.45, 7) is 4.03. The number of benzene rings is 1. The number of carbonyl (C=O) groups is 1. The zero-order valence-electron chi connectivity index (χ0n) is 9.29. The average Bonchev–Trinajstić information content (AvgIpc) is 2.26. The molecule has 1 aromatic carbocycles. The highest BCUT2D eigenvalue weighted by atomic mass is 16.1. The highest BCUT2D eigenvalue weighted by Gasteiger charge is 2.07. The molecule has 0 aliphatic carbocycles. The third kappa shape index (κ3) is 3.36. The van der Waals surface area contributed by atoms with Crippen LogP contribution in [0.3, 0.4) is 0 Å². The molecule has 0 spiro atoms. The number of likely N-dealkylation sites (N-methyl/N-ethyl adjacent to an activating group) is 1. The Morgan fingerprint density at radius 1 is 1.60 bits per heavy atom. The van der Waals surface area contributed by atoms with E-state index in [1.165, 1.54) is 0 Å². The Labute approximate surface area is 90.9 Å². The number of hydrogen-bond donors (Lipinski definition) is 1. The Bertz CT molecular complexity index is 336. The lowest BCUT2D eigenvalue weighted by molar-refractivity contribution is 0.0999. The van der Waals surface area contributed by atoms with Gasteiger partial charge in [0.15, 0.2) is 0 Å². The lowest BCUT2D eigenvalue weighted by Gasteiger charge is -2.14. The highest BCUT2D eigenvalue weighted by molar-refractivity contribution is 5.94. The van der Waals surface area contributed by atoms with Gasteiger partial charge in [0.1, 0.15) is 0 Å². The molecule has 0 saturated carbocycles. The van der Waals surface area contributed by atoms with E-state index in [1.54, 1.807) is 6.07 Å². The molecule has 0 saturated heterocycles. The van der Waals surface area contributed by atoms with E-state index in [4.69, 9.17) is 5.73 Å². The Balaban J connectivity index is 2.72. The molecule has 2 N–H and O–H groups in total. The van der Waals surface area contributed by atoms with Crippen molar-refractivity contribution in [1.82, 2.24) is 4.90 Å². The first kappa shape index (κ1) is 11.7. The Hall–Kier alpha value is -1.35. The van der Waals surface area contributed by atoms with Gasteiger partial charge in [-0.25, -0.2) is 0 Å². The van der Waals surface area contributed by atoms with E-state index in [-0.39, 0.29) is 0 Å². The summed E-state index contributed by atoms with van der Waals surface area (Å²) < 4.78 is 0. The summed E-state index contributed by atoms with van der Waals surface area (Å²) in [5.41, 5.74) is 6.76. The number of rotatable bonds is 5. The summed E-state index contributed by atoms with van der Waals surface area (Å²) in [4.78, 5) is 13.3. The molecular weight excluding hydrogens is 188 g/mol. The zero-order valence-corrected chi connectivity index (χ0v) is 9.29. The van der Waals surface area contributed by atoms with Gasteiger partial charge in [-0.15, -0.1) is 0 Å². The Kier molecular flexibility index (Phi) is 4.31. The molecule has 1 amide bonds. The minimum atomic E-state index is -0.398. The molecule has 1 radical (unpaired) electrons. The molecule has 0 atom stereocenters. The van der Waals surface area contributed by atoms with Gasteiger partial charge in [0, 0.05) is 6.54 Å². The normalized spacial score (nSPS) is 10.6. The summed E-state index contributed by atoms with van der Waals surface area (Å²) in [6.07, 6.45) is 0.833. The van der Waals surface area contributed by atoms with Crippen LogP contribution in [0.1, 0.15) is 22.8 Å². The standard InChI is InChI=1S/C12H17N2O/c1-3-14(2)9-8-10-6-4-5-7-11(10)12(13)15/h4-6H,3,8-9H2,1-2H3,(H2,13,15). The molecule has 15 heavy (non-hydrogen) atoms. The van der Waals surface area contributed by atoms with Crippen molar-refractivity contribution in [3.8, 4) is 0 Å². The van der Waals surface area contributed by atoms with Crippen LogP contribution >= 0.6 is 0 Å². The van der Waals surface area contributed by atoms with Crippen molar-refractivity contribution < 1.29 is 4.79 Å². The van der Waals surface area contributed by atoms with E-state index in [0.29, 0.717) is 5.56 Å². The molecule has 1 aromatic rings. The first-order chi connectivity index (χ1) is 7.15. The first-order valence-electron chi connectivity index (χ1n) is 5.13. The van der Waals surface area contributed by atoms with Crippen molar-refractivity contribution in [3.05, 3.63) is 35.4 Å². The van der Waals surface area contributed by atoms with Crippen LogP contribution in [0.4, 0.5) is 0 Å². The molecule has 3 nitrogen and oxygen atoms in total. The Morgan fingerprint density at radius 3 is 2.93 bits per heavy atom. The van der Waals surface area contributed by atoms with E-state index in [1.807, 2.05) is 12.1 Å². The molecule has 0 heterocycles. The van der Waals surface area contributed by atoms with Gasteiger partial charge in [-0.2, -0.15) is 0 Å². The largest absolute Gasteiger partial charge is 0.366 e. The fourth-order valence-corrected chi connectivity index (χ4v) is 1.38. The molecule has 0 aliphatic heterocycles. The molecule has 81 valence electrons. The predicted octanol–water partition coefficient (Wildman–Crippen LogP) is 1.08. The van der Waals surface area contributed by atoms with Crippen LogP contribution in [-0.4, -0.2) is 30.9 Å². The van der Waals surface area contributed by atoms with Crippen LogP contribution in [-0.2, 0) is 6.42 Å². The number of nitrogens with two attached hydrogens (primary N) is 1. The number of carbonyl (C=O) groups excluding carboxylic acids is 1. The summed E-state index contributed by atoms with van der Waals surface area (Å²) >= 11 is 0. The van der Waals surface area contributed by atoms with Crippen molar-refractivity contribution in [2.75, 3.05) is 20.1 Å². The van der Waals surface area contributed by atoms with Gasteiger partial charge in [0.05, 0.1) is 5.56 Å². The maximum absolute atomic E-state index is 11.1. The third-order valence-corrected chi connectivity index (χ3v) is 2.49. The number of primary amides is 1. The van der Waals surface area contributed by atoms with Crippen LogP contribution in [0, 0.1) is 6.07 Å². The molecule has 0 bridgehead atoms. The maximum atomic E-state index is 11.1. The molecule has 0 unspecified atom stereocenters. The molecule has 0 aliphatic rings. The van der Waals surface area contributed by atoms with E-state index in [0.717, 1.165) is 25.1 Å². The lowest BCUT2D eigenvalue weighted by Crippen LogP contribution is -2.22. The molecule has 3 heteroatoms. The summed E-state index contributed by atoms with van der Waals surface area (Å²) in [6, 6.07) is 8.41. The van der Waals surface area contributed by atoms with E-state index in [9.17, 15) is 4.79 Å². The lowest BCUT2D eigenvalue weighted by atomic mass is 10.0. The summed E-state index contributed by atoms with van der Waals surface area (Å²) in [5.74, 6) is -0.398. The van der Waals surface area contributed by atoms with E-state index < -0.39 is 5.91 Å². The smallest absolute Gasteiger partial charge is 0.249 e. The number of nitrogens with zero attached hydrogens (tertiary/aromatic N) is 1. The zero-order chi connectivity index (χ0) is 11.3. The molecule has 1 rings (SSSR count). The fraction of sp³-hybridized carbons (Fsp3) is 0.417. The van der Waals surface area contributed by atoms with Crippen molar-refractivity contribution in [2.24, 2.45) is 5.73 Å². The molecule has 0 fully saturated rings. The monoisotopic (exact) mass is 205 g/mol. The second-order valence-corrected chi connectivity index (χ2v) is 3.58. The van der Waals surface area contributed by atoms with Gasteiger partial charge in [-0.3, -0.25) is 4.79 Å². The SMILES string of the molecule is CCN(C)CCc1ccc[c]c1C(N)=O. The van der Waals surface area contributed by atoms with Crippen molar-refractivity contribution in [2.45, 2.75) is 13.3 Å². The van der Waals surface area contributed by atoms with Crippen molar-refractivity contribution in [1.29, 1.82) is 0 Å². The van der Waals surface area contributed by atoms with Crippen LogP contribution < -0.4 is 5.73 Å². The second-order valence-electron chi connectivity index (χ2n) is 3.58. The quantitative estimate of drug-likeness (QED) is 0.782. The van der Waals surface area contributed by atoms with Crippen molar-refractivity contribution >= 4 is 5.91 Å². The van der Waals surface area contributed by atoms with E-state index in [2.05, 4.69) is 24.9 Å². The average molecular weight is 205 g/mol. The first-order valence-corrected chi connectivity index (χ1v) is 5.13.